The molecule has 3 aromatic rings. The number of nitrogens with zero attached hydrogens (tertiary/aromatic N) is 2. The molecular weight excluding hydrogens is 621 g/mol. The Morgan fingerprint density at radius 1 is 0.978 bits per heavy atom. The number of hydrogen-bond donors (Lipinski definition) is 2. The van der Waals surface area contributed by atoms with E-state index in [0.717, 1.165) is 0 Å². The molecule has 0 saturated carbocycles. The molecule has 5 rings (SSSR count). The standard InChI is InChI=1S/C32H27F7N4O3/c1-17(20-10-21(31(34,35)36)12-22(11-20)32(37,38)39)46-27-16-43-26(29(27)19-4-6-23(33)7-5-19)13-25(14-28(43)44)42-30(45)41-24-8-2-18(15-40)3-9-24/h2-12,17,25-27,29H,13-14,16H2,1H3,(H2,41,42,45)/t17-,25?,26+,27+,29+/m1/s1. The van der Waals surface area contributed by atoms with Crippen LogP contribution in [-0.4, -0.2) is 41.6 Å². The molecule has 2 saturated heterocycles. The third kappa shape index (κ3) is 7.25. The maximum absolute atomic E-state index is 13.8. The third-order valence-corrected chi connectivity index (χ3v) is 8.18. The van der Waals surface area contributed by atoms with E-state index in [1.165, 1.54) is 48.2 Å². The van der Waals surface area contributed by atoms with E-state index in [-0.39, 0.29) is 36.9 Å². The van der Waals surface area contributed by atoms with Gasteiger partial charge in [-0.05, 0) is 79.1 Å². The fraction of sp³-hybridized carbons (Fsp3) is 0.344. The molecule has 5 atom stereocenters. The molecule has 2 aliphatic heterocycles. The highest BCUT2D eigenvalue weighted by molar-refractivity contribution is 5.90. The first-order valence-electron chi connectivity index (χ1n) is 14.2. The van der Waals surface area contributed by atoms with Crippen molar-refractivity contribution in [3.05, 3.63) is 100 Å². The van der Waals surface area contributed by atoms with Crippen molar-refractivity contribution in [3.63, 3.8) is 0 Å². The first kappa shape index (κ1) is 32.7. The van der Waals surface area contributed by atoms with Gasteiger partial charge in [0.05, 0.1) is 35.0 Å². The quantitative estimate of drug-likeness (QED) is 0.278. The normalized spacial score (nSPS) is 22.2. The van der Waals surface area contributed by atoms with Crippen molar-refractivity contribution in [2.24, 2.45) is 0 Å². The van der Waals surface area contributed by atoms with Gasteiger partial charge in [0.25, 0.3) is 0 Å². The number of halogens is 7. The fourth-order valence-electron chi connectivity index (χ4n) is 6.04. The second kappa shape index (κ2) is 12.6. The van der Waals surface area contributed by atoms with Crippen LogP contribution in [0.1, 0.15) is 59.6 Å². The van der Waals surface area contributed by atoms with Gasteiger partial charge in [0.2, 0.25) is 5.91 Å². The van der Waals surface area contributed by atoms with E-state index in [4.69, 9.17) is 10.00 Å². The number of urea groups is 1. The number of fused-ring (bicyclic) bond motifs is 1. The van der Waals surface area contributed by atoms with E-state index in [2.05, 4.69) is 10.6 Å². The molecule has 2 fully saturated rings. The van der Waals surface area contributed by atoms with Crippen molar-refractivity contribution >= 4 is 17.6 Å². The summed E-state index contributed by atoms with van der Waals surface area (Å²) >= 11 is 0. The van der Waals surface area contributed by atoms with Gasteiger partial charge in [-0.1, -0.05) is 12.1 Å². The zero-order chi connectivity index (χ0) is 33.4. The van der Waals surface area contributed by atoms with E-state index in [9.17, 15) is 40.3 Å². The number of ether oxygens (including phenoxy) is 1. The van der Waals surface area contributed by atoms with Crippen molar-refractivity contribution in [1.82, 2.24) is 10.2 Å². The van der Waals surface area contributed by atoms with Gasteiger partial charge in [0.15, 0.2) is 0 Å². The minimum Gasteiger partial charge on any atom is -0.368 e. The highest BCUT2D eigenvalue weighted by Gasteiger charge is 2.49. The maximum Gasteiger partial charge on any atom is 0.416 e. The molecule has 7 nitrogen and oxygen atoms in total. The minimum absolute atomic E-state index is 0.0227. The number of carbonyl (C=O) groups is 2. The third-order valence-electron chi connectivity index (χ3n) is 8.18. The van der Waals surface area contributed by atoms with Gasteiger partial charge in [-0.3, -0.25) is 4.79 Å². The average Bonchev–Trinajstić information content (AvgIpc) is 3.35. The molecule has 2 heterocycles. The molecule has 3 amide bonds. The van der Waals surface area contributed by atoms with Crippen LogP contribution in [0, 0.1) is 17.1 Å². The summed E-state index contributed by atoms with van der Waals surface area (Å²) in [5.74, 6) is -1.53. The van der Waals surface area contributed by atoms with Crippen LogP contribution in [0.2, 0.25) is 0 Å². The molecule has 3 aromatic carbocycles. The molecule has 14 heteroatoms. The van der Waals surface area contributed by atoms with Crippen molar-refractivity contribution < 1.29 is 45.1 Å². The van der Waals surface area contributed by atoms with Gasteiger partial charge in [-0.2, -0.15) is 31.6 Å². The summed E-state index contributed by atoms with van der Waals surface area (Å²) in [6.45, 7) is 1.31. The Kier molecular flexibility index (Phi) is 8.99. The number of rotatable bonds is 6. The summed E-state index contributed by atoms with van der Waals surface area (Å²) in [4.78, 5) is 27.6. The van der Waals surface area contributed by atoms with Crippen LogP contribution < -0.4 is 10.6 Å². The number of piperidine rings is 1. The highest BCUT2D eigenvalue weighted by atomic mass is 19.4. The lowest BCUT2D eigenvalue weighted by molar-refractivity contribution is -0.143. The number of hydrogen-bond acceptors (Lipinski definition) is 4. The molecule has 0 aliphatic carbocycles. The van der Waals surface area contributed by atoms with Gasteiger partial charge >= 0.3 is 18.4 Å². The van der Waals surface area contributed by atoms with Crippen molar-refractivity contribution in [2.45, 2.75) is 62.3 Å². The summed E-state index contributed by atoms with van der Waals surface area (Å²) in [6.07, 6.45) is -12.0. The Morgan fingerprint density at radius 2 is 1.59 bits per heavy atom. The smallest absolute Gasteiger partial charge is 0.368 e. The minimum atomic E-state index is -5.04. The lowest BCUT2D eigenvalue weighted by atomic mass is 9.84. The van der Waals surface area contributed by atoms with Crippen LogP contribution >= 0.6 is 0 Å². The Hall–Kier alpha value is -4.64. The molecule has 242 valence electrons. The molecule has 0 aromatic heterocycles. The van der Waals surface area contributed by atoms with E-state index >= 15 is 0 Å². The van der Waals surface area contributed by atoms with E-state index in [0.29, 0.717) is 28.9 Å². The molecule has 0 bridgehead atoms. The zero-order valence-electron chi connectivity index (χ0n) is 24.1. The summed E-state index contributed by atoms with van der Waals surface area (Å²) in [7, 11) is 0. The number of nitriles is 1. The number of nitrogens with one attached hydrogen (secondary N) is 2. The van der Waals surface area contributed by atoms with E-state index in [1.807, 2.05) is 6.07 Å². The van der Waals surface area contributed by atoms with Crippen molar-refractivity contribution in [3.8, 4) is 6.07 Å². The number of alkyl halides is 6. The second-order valence-corrected chi connectivity index (χ2v) is 11.3. The van der Waals surface area contributed by atoms with Gasteiger partial charge in [0.1, 0.15) is 5.82 Å². The average molecular weight is 649 g/mol. The van der Waals surface area contributed by atoms with Crippen molar-refractivity contribution in [2.75, 3.05) is 11.9 Å². The highest BCUT2D eigenvalue weighted by Crippen LogP contribution is 2.44. The topological polar surface area (TPSA) is 94.5 Å². The lowest BCUT2D eigenvalue weighted by Crippen LogP contribution is -2.52. The lowest BCUT2D eigenvalue weighted by Gasteiger charge is -2.37. The Morgan fingerprint density at radius 3 is 2.15 bits per heavy atom. The molecule has 2 aliphatic rings. The number of benzene rings is 3. The van der Waals surface area contributed by atoms with Crippen LogP contribution in [0.4, 0.5) is 41.2 Å². The van der Waals surface area contributed by atoms with Crippen LogP contribution in [0.5, 0.6) is 0 Å². The van der Waals surface area contributed by atoms with Crippen LogP contribution in [0.3, 0.4) is 0 Å². The van der Waals surface area contributed by atoms with Gasteiger partial charge in [-0.25, -0.2) is 9.18 Å². The predicted octanol–water partition coefficient (Wildman–Crippen LogP) is 7.16. The number of carbonyl (C=O) groups excluding carboxylic acids is 2. The summed E-state index contributed by atoms with van der Waals surface area (Å²) in [6, 6.07) is 12.9. The first-order chi connectivity index (χ1) is 21.6. The van der Waals surface area contributed by atoms with Crippen LogP contribution in [0.25, 0.3) is 0 Å². The predicted molar refractivity (Wildman–Crippen MR) is 151 cm³/mol. The van der Waals surface area contributed by atoms with Crippen LogP contribution in [-0.2, 0) is 21.9 Å². The van der Waals surface area contributed by atoms with Crippen molar-refractivity contribution in [1.29, 1.82) is 5.26 Å². The van der Waals surface area contributed by atoms with E-state index in [1.54, 1.807) is 12.1 Å². The molecular formula is C32H27F7N4O3. The SMILES string of the molecule is C[C@@H](O[C@H]1CN2C(=O)CC(NC(=O)Nc3ccc(C#N)cc3)C[C@H]2[C@@H]1c1ccc(F)cc1)c1cc(C(F)(F)F)cc(C(F)(F)F)c1. The summed E-state index contributed by atoms with van der Waals surface area (Å²) in [5, 5.41) is 14.4. The fourth-order valence-corrected chi connectivity index (χ4v) is 6.04. The molecule has 46 heavy (non-hydrogen) atoms. The largest absolute Gasteiger partial charge is 0.416 e. The van der Waals surface area contributed by atoms with Gasteiger partial charge in [-0.15, -0.1) is 0 Å². The Bertz CT molecular complexity index is 1600. The van der Waals surface area contributed by atoms with E-state index < -0.39 is 65.5 Å². The Labute approximate surface area is 258 Å². The maximum atomic E-state index is 13.8. The van der Waals surface area contributed by atoms with Gasteiger partial charge in [0, 0.05) is 36.7 Å². The molecule has 0 radical (unpaired) electrons. The summed E-state index contributed by atoms with van der Waals surface area (Å²) in [5.41, 5.74) is -1.95. The molecule has 2 N–H and O–H groups in total. The zero-order valence-corrected chi connectivity index (χ0v) is 24.1. The molecule has 0 spiro atoms. The van der Waals surface area contributed by atoms with Crippen LogP contribution in [0.15, 0.2) is 66.7 Å². The number of amides is 3. The van der Waals surface area contributed by atoms with Gasteiger partial charge < -0.3 is 20.3 Å². The number of anilines is 1. The second-order valence-electron chi connectivity index (χ2n) is 11.3. The first-order valence-corrected chi connectivity index (χ1v) is 14.2. The Balaban J connectivity index is 1.39. The summed E-state index contributed by atoms with van der Waals surface area (Å²) < 4.78 is 101. The monoisotopic (exact) mass is 648 g/mol. The molecule has 1 unspecified atom stereocenters.